The summed E-state index contributed by atoms with van der Waals surface area (Å²) in [5.74, 6) is 0.948. The first-order valence-electron chi connectivity index (χ1n) is 7.44. The molecule has 1 atom stereocenters. The van der Waals surface area contributed by atoms with E-state index in [1.807, 2.05) is 13.8 Å². The van der Waals surface area contributed by atoms with Crippen molar-refractivity contribution in [2.75, 3.05) is 11.4 Å². The van der Waals surface area contributed by atoms with Gasteiger partial charge in [0.05, 0.1) is 12.2 Å². The molecule has 0 aromatic heterocycles. The van der Waals surface area contributed by atoms with Crippen molar-refractivity contribution in [3.63, 3.8) is 0 Å². The van der Waals surface area contributed by atoms with Crippen LogP contribution < -0.4 is 9.64 Å². The van der Waals surface area contributed by atoms with E-state index in [0.717, 1.165) is 0 Å². The van der Waals surface area contributed by atoms with Crippen LogP contribution in [0.15, 0.2) is 18.2 Å². The molecular formula is C17H23NO3. The van der Waals surface area contributed by atoms with Crippen LogP contribution in [0.2, 0.25) is 0 Å². The second-order valence-electron chi connectivity index (χ2n) is 6.24. The van der Waals surface area contributed by atoms with Crippen molar-refractivity contribution in [3.8, 4) is 5.75 Å². The number of amides is 1. The summed E-state index contributed by atoms with van der Waals surface area (Å²) in [5.41, 5.74) is 1.31. The normalized spacial score (nSPS) is 17.7. The number of anilines is 1. The first-order chi connectivity index (χ1) is 9.81. The topological polar surface area (TPSA) is 46.6 Å². The van der Waals surface area contributed by atoms with Gasteiger partial charge in [-0.05, 0) is 31.0 Å². The molecule has 21 heavy (non-hydrogen) atoms. The van der Waals surface area contributed by atoms with E-state index in [0.29, 0.717) is 29.5 Å². The Labute approximate surface area is 126 Å². The third-order valence-electron chi connectivity index (χ3n) is 3.80. The van der Waals surface area contributed by atoms with Crippen molar-refractivity contribution in [3.05, 3.63) is 23.8 Å². The number of ketones is 1. The maximum atomic E-state index is 12.5. The van der Waals surface area contributed by atoms with Crippen LogP contribution in [0.1, 0.15) is 45.0 Å². The summed E-state index contributed by atoms with van der Waals surface area (Å²) >= 11 is 0. The van der Waals surface area contributed by atoms with Gasteiger partial charge >= 0.3 is 0 Å². The second-order valence-corrected chi connectivity index (χ2v) is 6.24. The lowest BCUT2D eigenvalue weighted by Gasteiger charge is -2.37. The lowest BCUT2D eigenvalue weighted by atomic mass is 10.0. The lowest BCUT2D eigenvalue weighted by molar-refractivity contribution is -0.122. The average Bonchev–Trinajstić information content (AvgIpc) is 2.44. The third-order valence-corrected chi connectivity index (χ3v) is 3.80. The number of carbonyl (C=O) groups is 2. The van der Waals surface area contributed by atoms with Crippen LogP contribution in [0.4, 0.5) is 5.69 Å². The van der Waals surface area contributed by atoms with E-state index in [2.05, 4.69) is 13.8 Å². The molecule has 4 nitrogen and oxygen atoms in total. The summed E-state index contributed by atoms with van der Waals surface area (Å²) in [5, 5.41) is 0. The Kier molecular flexibility index (Phi) is 4.35. The number of hydrogen-bond donors (Lipinski definition) is 0. The molecule has 1 aromatic rings. The molecule has 1 aliphatic heterocycles. The molecule has 0 spiro atoms. The first-order valence-corrected chi connectivity index (χ1v) is 7.44. The summed E-state index contributed by atoms with van der Waals surface area (Å²) in [4.78, 5) is 25.8. The fourth-order valence-electron chi connectivity index (χ4n) is 2.39. The summed E-state index contributed by atoms with van der Waals surface area (Å²) in [7, 11) is 0. The highest BCUT2D eigenvalue weighted by Gasteiger charge is 2.32. The minimum atomic E-state index is -0.0928. The fraction of sp³-hybridized carbons (Fsp3) is 0.529. The van der Waals surface area contributed by atoms with Gasteiger partial charge in [-0.3, -0.25) is 9.59 Å². The van der Waals surface area contributed by atoms with E-state index in [9.17, 15) is 9.59 Å². The molecule has 0 aliphatic carbocycles. The Bertz CT molecular complexity index is 563. The van der Waals surface area contributed by atoms with Crippen LogP contribution in [0, 0.1) is 11.8 Å². The molecule has 0 saturated carbocycles. The van der Waals surface area contributed by atoms with E-state index in [1.165, 1.54) is 6.92 Å². The van der Waals surface area contributed by atoms with E-state index < -0.39 is 0 Å². The number of rotatable bonds is 3. The number of nitrogens with zero attached hydrogens (tertiary/aromatic N) is 1. The van der Waals surface area contributed by atoms with Crippen LogP contribution >= 0.6 is 0 Å². The van der Waals surface area contributed by atoms with Crippen molar-refractivity contribution in [2.24, 2.45) is 11.8 Å². The molecule has 1 heterocycles. The smallest absolute Gasteiger partial charge is 0.229 e. The molecule has 1 unspecified atom stereocenters. The van der Waals surface area contributed by atoms with Gasteiger partial charge in [-0.2, -0.15) is 0 Å². The van der Waals surface area contributed by atoms with E-state index in [1.54, 1.807) is 23.1 Å². The van der Waals surface area contributed by atoms with Gasteiger partial charge in [0.1, 0.15) is 11.9 Å². The molecule has 0 bridgehead atoms. The number of carbonyl (C=O) groups excluding carboxylic acids is 2. The van der Waals surface area contributed by atoms with Gasteiger partial charge in [0, 0.05) is 11.5 Å². The molecule has 0 radical (unpaired) electrons. The Hall–Kier alpha value is -1.84. The lowest BCUT2D eigenvalue weighted by Crippen LogP contribution is -2.47. The number of ether oxygens (including phenoxy) is 1. The zero-order valence-electron chi connectivity index (χ0n) is 13.3. The molecule has 0 N–H and O–H groups in total. The maximum absolute atomic E-state index is 12.5. The Morgan fingerprint density at radius 1 is 1.24 bits per heavy atom. The Morgan fingerprint density at radius 3 is 2.43 bits per heavy atom. The van der Waals surface area contributed by atoms with Crippen LogP contribution in [0.3, 0.4) is 0 Å². The van der Waals surface area contributed by atoms with Gasteiger partial charge in [-0.15, -0.1) is 0 Å². The number of benzene rings is 1. The highest BCUT2D eigenvalue weighted by molar-refractivity contribution is 6.00. The van der Waals surface area contributed by atoms with Crippen molar-refractivity contribution in [2.45, 2.75) is 40.7 Å². The minimum Gasteiger partial charge on any atom is -0.486 e. The SMILES string of the molecule is CC(=O)c1ccc2c(c1)N(C(=O)C(C)C)CC(C(C)C)O2. The molecule has 1 amide bonds. The Morgan fingerprint density at radius 2 is 1.90 bits per heavy atom. The molecular weight excluding hydrogens is 266 g/mol. The summed E-state index contributed by atoms with van der Waals surface area (Å²) in [6.45, 7) is 9.99. The number of hydrogen-bond acceptors (Lipinski definition) is 3. The minimum absolute atomic E-state index is 0.0132. The van der Waals surface area contributed by atoms with Crippen molar-refractivity contribution in [1.29, 1.82) is 0 Å². The molecule has 0 fully saturated rings. The zero-order chi connectivity index (χ0) is 15.7. The summed E-state index contributed by atoms with van der Waals surface area (Å²) in [6, 6.07) is 5.30. The average molecular weight is 289 g/mol. The maximum Gasteiger partial charge on any atom is 0.229 e. The molecule has 4 heteroatoms. The quantitative estimate of drug-likeness (QED) is 0.802. The molecule has 1 aliphatic rings. The van der Waals surface area contributed by atoms with Crippen molar-refractivity contribution in [1.82, 2.24) is 0 Å². The standard InChI is InChI=1S/C17H23NO3/c1-10(2)16-9-18(17(20)11(3)4)14-8-13(12(5)19)6-7-15(14)21-16/h6-8,10-11,16H,9H2,1-5H3. The van der Waals surface area contributed by atoms with E-state index >= 15 is 0 Å². The highest BCUT2D eigenvalue weighted by atomic mass is 16.5. The van der Waals surface area contributed by atoms with E-state index in [4.69, 9.17) is 4.74 Å². The number of fused-ring (bicyclic) bond motifs is 1. The molecule has 114 valence electrons. The predicted octanol–water partition coefficient (Wildman–Crippen LogP) is 3.30. The van der Waals surface area contributed by atoms with Crippen LogP contribution in [0.25, 0.3) is 0 Å². The third kappa shape index (κ3) is 3.09. The second kappa shape index (κ2) is 5.88. The molecule has 2 rings (SSSR count). The Balaban J connectivity index is 2.47. The monoisotopic (exact) mass is 289 g/mol. The van der Waals surface area contributed by atoms with Gasteiger partial charge in [0.2, 0.25) is 5.91 Å². The molecule has 0 saturated heterocycles. The van der Waals surface area contributed by atoms with Gasteiger partial charge in [-0.25, -0.2) is 0 Å². The van der Waals surface area contributed by atoms with Gasteiger partial charge in [-0.1, -0.05) is 27.7 Å². The molecule has 1 aromatic carbocycles. The van der Waals surface area contributed by atoms with Crippen LogP contribution in [0.5, 0.6) is 5.75 Å². The van der Waals surface area contributed by atoms with Crippen molar-refractivity contribution < 1.29 is 14.3 Å². The van der Waals surface area contributed by atoms with Gasteiger partial charge < -0.3 is 9.64 Å². The first kappa shape index (κ1) is 15.5. The highest BCUT2D eigenvalue weighted by Crippen LogP contribution is 2.36. The zero-order valence-corrected chi connectivity index (χ0v) is 13.3. The largest absolute Gasteiger partial charge is 0.486 e. The van der Waals surface area contributed by atoms with Gasteiger partial charge in [0.15, 0.2) is 5.78 Å². The summed E-state index contributed by atoms with van der Waals surface area (Å²) in [6.07, 6.45) is -0.0246. The van der Waals surface area contributed by atoms with E-state index in [-0.39, 0.29) is 23.7 Å². The van der Waals surface area contributed by atoms with Crippen LogP contribution in [-0.4, -0.2) is 24.3 Å². The predicted molar refractivity (Wildman–Crippen MR) is 82.9 cm³/mol. The fourth-order valence-corrected chi connectivity index (χ4v) is 2.39. The number of Topliss-reactive ketones (excluding diaryl/α,β-unsaturated/α-hetero) is 1. The van der Waals surface area contributed by atoms with Gasteiger partial charge in [0.25, 0.3) is 0 Å². The van der Waals surface area contributed by atoms with Crippen molar-refractivity contribution >= 4 is 17.4 Å². The van der Waals surface area contributed by atoms with Crippen LogP contribution in [-0.2, 0) is 4.79 Å². The summed E-state index contributed by atoms with van der Waals surface area (Å²) < 4.78 is 5.98.